The molecule has 3 aromatic heterocycles. The normalized spacial score (nSPS) is 13.6. The quantitative estimate of drug-likeness (QED) is 0.118. The minimum Gasteiger partial charge on any atom is -0.311 e. The summed E-state index contributed by atoms with van der Waals surface area (Å²) in [6, 6.07) is 107. The highest BCUT2D eigenvalue weighted by molar-refractivity contribution is 7.00. The third-order valence-electron chi connectivity index (χ3n) is 21.6. The van der Waals surface area contributed by atoms with Gasteiger partial charge in [0.15, 0.2) is 0 Å². The SMILES string of the molecule is [2H]c1c([2H])c([2H])c2c(c1[2H])c1c([2H])c(C#N)c([2H])c([2H])c1n2-c1cc2c3c(c1)N(c1ccccc1-c1cc4ccccc4c4ccccc14)c1cc4c5ccccc5n(-c5ccccc5)c4cc1B3c1cc3c(cc1N2c1ccccc1-c1cc2ccccc2c2ccccc12)c1ccccc1n3-c1ccccc1. The summed E-state index contributed by atoms with van der Waals surface area (Å²) in [5.74, 6) is 0. The molecule has 6 nitrogen and oxygen atoms in total. The first-order valence-corrected chi connectivity index (χ1v) is 34.5. The van der Waals surface area contributed by atoms with Crippen LogP contribution in [0.4, 0.5) is 34.1 Å². The number of anilines is 6. The maximum atomic E-state index is 10.8. The van der Waals surface area contributed by atoms with Gasteiger partial charge in [-0.2, -0.15) is 5.26 Å². The van der Waals surface area contributed by atoms with Crippen LogP contribution in [0.25, 0.3) is 148 Å². The summed E-state index contributed by atoms with van der Waals surface area (Å²) in [5.41, 5.74) is 17.9. The summed E-state index contributed by atoms with van der Waals surface area (Å²) < 4.78 is 75.0. The monoisotopic (exact) mass is 1300 g/mol. The highest BCUT2D eigenvalue weighted by Gasteiger charge is 2.46. The molecule has 5 heterocycles. The highest BCUT2D eigenvalue weighted by atomic mass is 15.2. The van der Waals surface area contributed by atoms with Crippen LogP contribution in [0.15, 0.2) is 346 Å². The summed E-state index contributed by atoms with van der Waals surface area (Å²) in [4.78, 5) is 4.83. The zero-order valence-corrected chi connectivity index (χ0v) is 54.6. The molecular weight excluding hydrogens is 1240 g/mol. The average molecular weight is 1300 g/mol. The van der Waals surface area contributed by atoms with Gasteiger partial charge >= 0.3 is 0 Å². The van der Waals surface area contributed by atoms with Gasteiger partial charge in [-0.15, -0.1) is 0 Å². The first kappa shape index (κ1) is 49.8. The van der Waals surface area contributed by atoms with Crippen LogP contribution in [0.1, 0.15) is 15.2 Å². The molecule has 0 amide bonds. The molecule has 0 unspecified atom stereocenters. The van der Waals surface area contributed by atoms with Gasteiger partial charge in [0, 0.05) is 77.6 Å². The summed E-state index contributed by atoms with van der Waals surface area (Å²) >= 11 is 0. The standard InChI is InChI=1S/C95H57BN6/c97-58-59-47-48-88-78(49-59)73-39-17-22-44-85(73)100(88)64-52-93-95-94(53-64)102(87-46-24-16-38-72(87)77-51-61-26-8-10-32-66(61)68-34-12-14-36-70(68)77)92-55-80-75-41-19-21-43-84(75)99(63-29-5-2-6-30-63)90(80)57-82(92)96(95)81-56-89-79(74-40-18-20-42-83(74)98(89)62-27-3-1-4-28-62)54-91(81)101(93)86-45-23-15-37-71(86)76-50-60-25-7-9-31-65(60)67-33-11-13-35-69(67)76/h1-57H/i17D,22D,39D,44D,47D,48D,49D. The van der Waals surface area contributed by atoms with Gasteiger partial charge < -0.3 is 23.5 Å². The largest absolute Gasteiger partial charge is 0.311 e. The van der Waals surface area contributed by atoms with E-state index in [2.05, 4.69) is 322 Å². The minimum atomic E-state index is -0.572. The molecule has 0 atom stereocenters. The van der Waals surface area contributed by atoms with Crippen molar-refractivity contribution in [3.63, 3.8) is 0 Å². The molecule has 0 saturated heterocycles. The van der Waals surface area contributed by atoms with Crippen molar-refractivity contribution in [1.82, 2.24) is 13.7 Å². The number of aromatic nitrogens is 3. The Labute approximate surface area is 597 Å². The molecule has 0 saturated carbocycles. The zero-order chi connectivity index (χ0) is 72.9. The number of nitriles is 1. The van der Waals surface area contributed by atoms with Gasteiger partial charge in [-0.25, -0.2) is 0 Å². The molecule has 102 heavy (non-hydrogen) atoms. The van der Waals surface area contributed by atoms with E-state index in [1.807, 2.05) is 6.07 Å². The van der Waals surface area contributed by atoms with Gasteiger partial charge in [-0.1, -0.05) is 224 Å². The summed E-state index contributed by atoms with van der Waals surface area (Å²) in [6.45, 7) is -0.572. The summed E-state index contributed by atoms with van der Waals surface area (Å²) in [5, 5.41) is 23.7. The second-order valence-corrected chi connectivity index (χ2v) is 26.8. The van der Waals surface area contributed by atoms with Crippen molar-refractivity contribution in [2.24, 2.45) is 0 Å². The molecule has 0 fully saturated rings. The van der Waals surface area contributed by atoms with Crippen molar-refractivity contribution in [2.45, 2.75) is 0 Å². The Morgan fingerprint density at radius 1 is 0.275 bits per heavy atom. The Balaban J connectivity index is 0.971. The van der Waals surface area contributed by atoms with E-state index in [0.29, 0.717) is 5.69 Å². The van der Waals surface area contributed by atoms with Crippen LogP contribution in [0.5, 0.6) is 0 Å². The molecule has 0 spiro atoms. The van der Waals surface area contributed by atoms with E-state index in [0.717, 1.165) is 171 Å². The molecule has 470 valence electrons. The van der Waals surface area contributed by atoms with Crippen LogP contribution in [0, 0.1) is 11.3 Å². The Morgan fingerprint density at radius 2 is 0.696 bits per heavy atom. The maximum absolute atomic E-state index is 10.8. The Kier molecular flexibility index (Phi) is 10.6. The molecule has 2 aliphatic heterocycles. The van der Waals surface area contributed by atoms with E-state index in [1.165, 1.54) is 0 Å². The fourth-order valence-corrected chi connectivity index (χ4v) is 17.4. The second kappa shape index (κ2) is 21.7. The lowest BCUT2D eigenvalue weighted by Crippen LogP contribution is -2.61. The molecule has 0 N–H and O–H groups in total. The number of fused-ring (bicyclic) bond motifs is 19. The molecule has 0 aliphatic carbocycles. The lowest BCUT2D eigenvalue weighted by atomic mass is 9.33. The lowest BCUT2D eigenvalue weighted by Gasteiger charge is -2.45. The van der Waals surface area contributed by atoms with Crippen molar-refractivity contribution in [3.05, 3.63) is 351 Å². The van der Waals surface area contributed by atoms with Crippen LogP contribution in [0.2, 0.25) is 0 Å². The zero-order valence-electron chi connectivity index (χ0n) is 61.6. The molecule has 17 aromatic carbocycles. The van der Waals surface area contributed by atoms with Crippen LogP contribution in [-0.4, -0.2) is 20.4 Å². The highest BCUT2D eigenvalue weighted by Crippen LogP contribution is 2.53. The van der Waals surface area contributed by atoms with Gasteiger partial charge in [0.1, 0.15) is 0 Å². The minimum absolute atomic E-state index is 0.00199. The van der Waals surface area contributed by atoms with E-state index in [4.69, 9.17) is 0 Å². The van der Waals surface area contributed by atoms with Crippen LogP contribution >= 0.6 is 0 Å². The number of para-hydroxylation sites is 7. The molecule has 0 bridgehead atoms. The van der Waals surface area contributed by atoms with Gasteiger partial charge in [0.05, 0.1) is 71.4 Å². The van der Waals surface area contributed by atoms with Crippen molar-refractivity contribution < 1.29 is 9.60 Å². The number of nitrogens with zero attached hydrogens (tertiary/aromatic N) is 6. The van der Waals surface area contributed by atoms with Gasteiger partial charge in [0.25, 0.3) is 6.71 Å². The molecule has 20 aromatic rings. The van der Waals surface area contributed by atoms with Crippen molar-refractivity contribution in [2.75, 3.05) is 9.80 Å². The van der Waals surface area contributed by atoms with E-state index >= 15 is 0 Å². The molecule has 0 radical (unpaired) electrons. The van der Waals surface area contributed by atoms with E-state index in [9.17, 15) is 14.9 Å². The molecule has 22 rings (SSSR count). The van der Waals surface area contributed by atoms with Gasteiger partial charge in [-0.05, 0) is 192 Å². The van der Waals surface area contributed by atoms with Crippen molar-refractivity contribution in [3.8, 4) is 45.4 Å². The van der Waals surface area contributed by atoms with Crippen molar-refractivity contribution >= 4 is 166 Å². The Hall–Kier alpha value is -13.7. The second-order valence-electron chi connectivity index (χ2n) is 26.8. The predicted octanol–water partition coefficient (Wildman–Crippen LogP) is 22.9. The Morgan fingerprint density at radius 3 is 1.22 bits per heavy atom. The first-order chi connectivity index (χ1) is 53.5. The molecule has 2 aliphatic rings. The summed E-state index contributed by atoms with van der Waals surface area (Å²) in [7, 11) is 0. The third kappa shape index (κ3) is 8.00. The molecular formula is C95H57BN6. The van der Waals surface area contributed by atoms with Gasteiger partial charge in [0.2, 0.25) is 0 Å². The van der Waals surface area contributed by atoms with Crippen LogP contribution in [0.3, 0.4) is 0 Å². The number of rotatable bonds is 7. The van der Waals surface area contributed by atoms with Crippen LogP contribution in [-0.2, 0) is 0 Å². The fraction of sp³-hybridized carbons (Fsp3) is 0. The topological polar surface area (TPSA) is 45.1 Å². The third-order valence-corrected chi connectivity index (χ3v) is 21.6. The van der Waals surface area contributed by atoms with E-state index in [1.54, 1.807) is 4.57 Å². The fourth-order valence-electron chi connectivity index (χ4n) is 17.4. The van der Waals surface area contributed by atoms with Crippen molar-refractivity contribution in [1.29, 1.82) is 5.26 Å². The smallest absolute Gasteiger partial charge is 0.252 e. The Bertz CT molecular complexity index is 7150. The first-order valence-electron chi connectivity index (χ1n) is 38.0. The summed E-state index contributed by atoms with van der Waals surface area (Å²) in [6.07, 6.45) is 0. The van der Waals surface area contributed by atoms with E-state index in [-0.39, 0.29) is 27.4 Å². The lowest BCUT2D eigenvalue weighted by molar-refractivity contribution is 1.16. The number of benzene rings is 17. The number of hydrogen-bond donors (Lipinski definition) is 0. The predicted molar refractivity (Wildman–Crippen MR) is 429 cm³/mol. The molecule has 7 heteroatoms. The average Bonchev–Trinajstić information content (AvgIpc) is 1.67. The van der Waals surface area contributed by atoms with Gasteiger partial charge in [-0.3, -0.25) is 0 Å². The van der Waals surface area contributed by atoms with E-state index < -0.39 is 49.0 Å². The number of hydrogen-bond acceptors (Lipinski definition) is 3. The maximum Gasteiger partial charge on any atom is 0.252 e. The van der Waals surface area contributed by atoms with Crippen LogP contribution < -0.4 is 26.2 Å².